The molecule has 0 amide bonds. The third-order valence-corrected chi connectivity index (χ3v) is 4.25. The van der Waals surface area contributed by atoms with Gasteiger partial charge in [0.2, 0.25) is 0 Å². The van der Waals surface area contributed by atoms with Gasteiger partial charge in [0.1, 0.15) is 11.3 Å². The summed E-state index contributed by atoms with van der Waals surface area (Å²) in [5.41, 5.74) is 5.71. The molecule has 0 saturated carbocycles. The van der Waals surface area contributed by atoms with Crippen molar-refractivity contribution in [2.24, 2.45) is 0 Å². The molecule has 24 heavy (non-hydrogen) atoms. The van der Waals surface area contributed by atoms with Crippen molar-refractivity contribution in [2.75, 3.05) is 7.11 Å². The Balaban J connectivity index is 1.62. The zero-order valence-electron chi connectivity index (χ0n) is 13.5. The zero-order valence-corrected chi connectivity index (χ0v) is 13.5. The highest BCUT2D eigenvalue weighted by molar-refractivity contribution is 5.82. The lowest BCUT2D eigenvalue weighted by molar-refractivity contribution is 0.419. The molecule has 0 fully saturated rings. The molecule has 1 aromatic heterocycles. The van der Waals surface area contributed by atoms with E-state index in [9.17, 15) is 0 Å². The van der Waals surface area contributed by atoms with Crippen molar-refractivity contribution in [2.45, 2.75) is 6.54 Å². The van der Waals surface area contributed by atoms with Gasteiger partial charge in [0.05, 0.1) is 19.0 Å². The molecule has 3 nitrogen and oxygen atoms in total. The number of fused-ring (bicyclic) bond motifs is 1. The molecule has 118 valence electrons. The first-order chi connectivity index (χ1) is 11.8. The van der Waals surface area contributed by atoms with Gasteiger partial charge < -0.3 is 9.30 Å². The van der Waals surface area contributed by atoms with E-state index in [1.165, 1.54) is 16.7 Å². The summed E-state index contributed by atoms with van der Waals surface area (Å²) < 4.78 is 7.53. The standard InChI is InChI=1S/C21H18N2O/c1-24-20-9-5-8-19-21(20)22-15-23(19)14-16-10-12-18(13-11-16)17-6-3-2-4-7-17/h2-13,15H,14H2,1H3. The Morgan fingerprint density at radius 1 is 0.833 bits per heavy atom. The molecular weight excluding hydrogens is 296 g/mol. The second-order valence-corrected chi connectivity index (χ2v) is 5.76. The van der Waals surface area contributed by atoms with Crippen LogP contribution in [0, 0.1) is 0 Å². The van der Waals surface area contributed by atoms with Crippen molar-refractivity contribution in [3.8, 4) is 16.9 Å². The van der Waals surface area contributed by atoms with Crippen LogP contribution in [0.3, 0.4) is 0 Å². The predicted molar refractivity (Wildman–Crippen MR) is 97.3 cm³/mol. The Labute approximate surface area is 141 Å². The average Bonchev–Trinajstić information content (AvgIpc) is 3.06. The van der Waals surface area contributed by atoms with E-state index in [-0.39, 0.29) is 0 Å². The zero-order chi connectivity index (χ0) is 16.4. The van der Waals surface area contributed by atoms with Gasteiger partial charge in [0, 0.05) is 6.54 Å². The van der Waals surface area contributed by atoms with Gasteiger partial charge in [-0.25, -0.2) is 4.98 Å². The third kappa shape index (κ3) is 2.65. The molecule has 4 aromatic rings. The fourth-order valence-corrected chi connectivity index (χ4v) is 2.98. The van der Waals surface area contributed by atoms with Crippen LogP contribution in [-0.4, -0.2) is 16.7 Å². The molecule has 1 heterocycles. The van der Waals surface area contributed by atoms with Crippen LogP contribution < -0.4 is 4.74 Å². The molecule has 4 rings (SSSR count). The monoisotopic (exact) mass is 314 g/mol. The molecule has 0 spiro atoms. The molecule has 3 heteroatoms. The van der Waals surface area contributed by atoms with Gasteiger partial charge in [-0.2, -0.15) is 0 Å². The molecule has 0 saturated heterocycles. The summed E-state index contributed by atoms with van der Waals surface area (Å²) >= 11 is 0. The van der Waals surface area contributed by atoms with Crippen LogP contribution in [0.15, 0.2) is 79.1 Å². The van der Waals surface area contributed by atoms with Gasteiger partial charge in [-0.15, -0.1) is 0 Å². The third-order valence-electron chi connectivity index (χ3n) is 4.25. The number of imidazole rings is 1. The van der Waals surface area contributed by atoms with E-state index in [0.29, 0.717) is 0 Å². The quantitative estimate of drug-likeness (QED) is 0.543. The van der Waals surface area contributed by atoms with E-state index < -0.39 is 0 Å². The Morgan fingerprint density at radius 2 is 1.58 bits per heavy atom. The molecule has 0 atom stereocenters. The molecule has 0 unspecified atom stereocenters. The average molecular weight is 314 g/mol. The van der Waals surface area contributed by atoms with Crippen molar-refractivity contribution < 1.29 is 4.74 Å². The fourth-order valence-electron chi connectivity index (χ4n) is 2.98. The van der Waals surface area contributed by atoms with Gasteiger partial charge in [0.15, 0.2) is 0 Å². The molecule has 0 aliphatic carbocycles. The molecule has 3 aromatic carbocycles. The van der Waals surface area contributed by atoms with E-state index in [0.717, 1.165) is 23.3 Å². The lowest BCUT2D eigenvalue weighted by Gasteiger charge is -2.07. The summed E-state index contributed by atoms with van der Waals surface area (Å²) in [5, 5.41) is 0. The maximum atomic E-state index is 5.38. The van der Waals surface area contributed by atoms with Crippen LogP contribution in [0.2, 0.25) is 0 Å². The molecular formula is C21H18N2O. The van der Waals surface area contributed by atoms with Crippen LogP contribution in [0.1, 0.15) is 5.56 Å². The number of para-hydroxylation sites is 1. The van der Waals surface area contributed by atoms with E-state index >= 15 is 0 Å². The Morgan fingerprint density at radius 3 is 2.33 bits per heavy atom. The molecule has 0 N–H and O–H groups in total. The summed E-state index contributed by atoms with van der Waals surface area (Å²) in [4.78, 5) is 4.49. The smallest absolute Gasteiger partial charge is 0.146 e. The summed E-state index contributed by atoms with van der Waals surface area (Å²) in [7, 11) is 1.68. The highest BCUT2D eigenvalue weighted by Gasteiger charge is 2.08. The fraction of sp³-hybridized carbons (Fsp3) is 0.0952. The van der Waals surface area contributed by atoms with E-state index in [4.69, 9.17) is 4.74 Å². The molecule has 0 radical (unpaired) electrons. The second kappa shape index (κ2) is 6.20. The topological polar surface area (TPSA) is 27.1 Å². The second-order valence-electron chi connectivity index (χ2n) is 5.76. The van der Waals surface area contributed by atoms with Crippen LogP contribution in [-0.2, 0) is 6.54 Å². The minimum atomic E-state index is 0.790. The van der Waals surface area contributed by atoms with Gasteiger partial charge in [-0.1, -0.05) is 60.7 Å². The minimum Gasteiger partial charge on any atom is -0.494 e. The normalized spacial score (nSPS) is 10.9. The number of methoxy groups -OCH3 is 1. The first-order valence-electron chi connectivity index (χ1n) is 7.97. The van der Waals surface area contributed by atoms with Gasteiger partial charge in [-0.05, 0) is 28.8 Å². The summed E-state index contributed by atoms with van der Waals surface area (Å²) in [6, 6.07) is 25.1. The van der Waals surface area contributed by atoms with Crippen LogP contribution >= 0.6 is 0 Å². The number of benzene rings is 3. The van der Waals surface area contributed by atoms with Crippen LogP contribution in [0.4, 0.5) is 0 Å². The van der Waals surface area contributed by atoms with Gasteiger partial charge in [0.25, 0.3) is 0 Å². The largest absolute Gasteiger partial charge is 0.494 e. The van der Waals surface area contributed by atoms with E-state index in [2.05, 4.69) is 64.1 Å². The van der Waals surface area contributed by atoms with Crippen molar-refractivity contribution in [3.05, 3.63) is 84.7 Å². The van der Waals surface area contributed by atoms with Crippen molar-refractivity contribution in [1.29, 1.82) is 0 Å². The number of aromatic nitrogens is 2. The van der Waals surface area contributed by atoms with Crippen LogP contribution in [0.25, 0.3) is 22.2 Å². The molecule has 0 bridgehead atoms. The number of rotatable bonds is 4. The maximum Gasteiger partial charge on any atom is 0.146 e. The number of ether oxygens (including phenoxy) is 1. The van der Waals surface area contributed by atoms with E-state index in [1.54, 1.807) is 7.11 Å². The van der Waals surface area contributed by atoms with Gasteiger partial charge >= 0.3 is 0 Å². The Bertz CT molecular complexity index is 956. The van der Waals surface area contributed by atoms with Crippen molar-refractivity contribution in [3.63, 3.8) is 0 Å². The first-order valence-corrected chi connectivity index (χ1v) is 7.97. The van der Waals surface area contributed by atoms with E-state index in [1.807, 2.05) is 24.5 Å². The number of hydrogen-bond donors (Lipinski definition) is 0. The maximum absolute atomic E-state index is 5.38. The minimum absolute atomic E-state index is 0.790. The SMILES string of the molecule is COc1cccc2c1ncn2Cc1ccc(-c2ccccc2)cc1. The van der Waals surface area contributed by atoms with Crippen molar-refractivity contribution in [1.82, 2.24) is 9.55 Å². The summed E-state index contributed by atoms with van der Waals surface area (Å²) in [6.45, 7) is 0.790. The number of hydrogen-bond acceptors (Lipinski definition) is 2. The number of nitrogens with zero attached hydrogens (tertiary/aromatic N) is 2. The van der Waals surface area contributed by atoms with Gasteiger partial charge in [-0.3, -0.25) is 0 Å². The molecule has 0 aliphatic rings. The molecule has 0 aliphatic heterocycles. The predicted octanol–water partition coefficient (Wildman–Crippen LogP) is 4.76. The Hall–Kier alpha value is -3.07. The summed E-state index contributed by atoms with van der Waals surface area (Å²) in [6.07, 6.45) is 1.87. The van der Waals surface area contributed by atoms with Crippen LogP contribution in [0.5, 0.6) is 5.75 Å². The Kier molecular flexibility index (Phi) is 3.75. The lowest BCUT2D eigenvalue weighted by Crippen LogP contribution is -1.97. The highest BCUT2D eigenvalue weighted by atomic mass is 16.5. The van der Waals surface area contributed by atoms with Crippen molar-refractivity contribution >= 4 is 11.0 Å². The summed E-state index contributed by atoms with van der Waals surface area (Å²) in [5.74, 6) is 0.811. The highest BCUT2D eigenvalue weighted by Crippen LogP contribution is 2.25. The lowest BCUT2D eigenvalue weighted by atomic mass is 10.0. The first kappa shape index (κ1) is 14.5.